The number of sulfonamides is 1. The van der Waals surface area contributed by atoms with Crippen molar-refractivity contribution in [3.63, 3.8) is 0 Å². The highest BCUT2D eigenvalue weighted by Gasteiger charge is 2.19. The normalized spacial score (nSPS) is 13.0. The zero-order valence-corrected chi connectivity index (χ0v) is 11.9. The molecule has 108 valence electrons. The Labute approximate surface area is 123 Å². The quantitative estimate of drug-likeness (QED) is 0.834. The molecular formula is C15H13NO4S. The van der Waals surface area contributed by atoms with Gasteiger partial charge in [-0.1, -0.05) is 42.5 Å². The molecule has 2 rings (SSSR count). The van der Waals surface area contributed by atoms with E-state index in [1.165, 1.54) is 12.6 Å². The molecular weight excluding hydrogens is 290 g/mol. The Hall–Kier alpha value is -2.05. The number of carbonyl (C=O) groups excluding carboxylic acids is 2. The van der Waals surface area contributed by atoms with Crippen molar-refractivity contribution >= 4 is 33.4 Å². The van der Waals surface area contributed by atoms with Crippen LogP contribution in [0.5, 0.6) is 0 Å². The first-order valence-corrected chi connectivity index (χ1v) is 7.90. The monoisotopic (exact) mass is 303 g/mol. The maximum atomic E-state index is 12.1. The predicted molar refractivity (Wildman–Crippen MR) is 79.5 cm³/mol. The Morgan fingerprint density at radius 1 is 1.05 bits per heavy atom. The second-order valence-corrected chi connectivity index (χ2v) is 6.29. The van der Waals surface area contributed by atoms with Gasteiger partial charge in [0.1, 0.15) is 0 Å². The smallest absolute Gasteiger partial charge is 0.218 e. The van der Waals surface area contributed by atoms with E-state index >= 15 is 0 Å². The molecule has 0 saturated heterocycles. The number of nitrogens with one attached hydrogen (secondary N) is 1. The van der Waals surface area contributed by atoms with E-state index in [1.807, 2.05) is 30.3 Å². The molecule has 21 heavy (non-hydrogen) atoms. The van der Waals surface area contributed by atoms with Crippen LogP contribution in [-0.4, -0.2) is 27.0 Å². The second kappa shape index (κ2) is 6.60. The molecule has 0 fully saturated rings. The van der Waals surface area contributed by atoms with Crippen LogP contribution in [-0.2, 0) is 25.4 Å². The molecule has 0 aliphatic carbocycles. The molecule has 0 saturated carbocycles. The third-order valence-electron chi connectivity index (χ3n) is 2.98. The van der Waals surface area contributed by atoms with Gasteiger partial charge in [0.05, 0.1) is 11.8 Å². The van der Waals surface area contributed by atoms with Gasteiger partial charge in [-0.05, 0) is 16.3 Å². The van der Waals surface area contributed by atoms with Crippen molar-refractivity contribution in [3.05, 3.63) is 48.0 Å². The summed E-state index contributed by atoms with van der Waals surface area (Å²) in [7, 11) is -3.75. The van der Waals surface area contributed by atoms with Crippen LogP contribution in [0.15, 0.2) is 42.5 Å². The second-order valence-electron chi connectivity index (χ2n) is 4.53. The van der Waals surface area contributed by atoms with Gasteiger partial charge < -0.3 is 0 Å². The third-order valence-corrected chi connectivity index (χ3v) is 4.31. The van der Waals surface area contributed by atoms with Gasteiger partial charge in [-0.25, -0.2) is 13.1 Å². The predicted octanol–water partition coefficient (Wildman–Crippen LogP) is 1.24. The number of hydrogen-bond donors (Lipinski definition) is 1. The van der Waals surface area contributed by atoms with E-state index in [4.69, 9.17) is 0 Å². The Kier molecular flexibility index (Phi) is 4.82. The summed E-state index contributed by atoms with van der Waals surface area (Å²) in [5.41, 5.74) is 0.625. The van der Waals surface area contributed by atoms with Gasteiger partial charge in [0.25, 0.3) is 0 Å². The van der Waals surface area contributed by atoms with E-state index < -0.39 is 16.1 Å². The van der Waals surface area contributed by atoms with E-state index in [0.717, 1.165) is 10.8 Å². The topological polar surface area (TPSA) is 80.3 Å². The lowest BCUT2D eigenvalue weighted by Crippen LogP contribution is -2.37. The van der Waals surface area contributed by atoms with E-state index in [1.54, 1.807) is 12.1 Å². The van der Waals surface area contributed by atoms with Crippen LogP contribution < -0.4 is 4.72 Å². The number of benzene rings is 2. The maximum absolute atomic E-state index is 12.1. The summed E-state index contributed by atoms with van der Waals surface area (Å²) in [5, 5.41) is 1.77. The van der Waals surface area contributed by atoms with Gasteiger partial charge in [-0.2, -0.15) is 0 Å². The Bertz CT molecular complexity index is 750. The van der Waals surface area contributed by atoms with Gasteiger partial charge in [0.15, 0.2) is 0 Å². The highest BCUT2D eigenvalue weighted by molar-refractivity contribution is 7.88. The van der Waals surface area contributed by atoms with Gasteiger partial charge in [0.2, 0.25) is 22.6 Å². The SMILES string of the molecule is O=[C]C[C@@H]([C]=O)NS(=O)(=O)Cc1cccc2ccccc12. The highest BCUT2D eigenvalue weighted by Crippen LogP contribution is 2.20. The minimum atomic E-state index is -3.75. The van der Waals surface area contributed by atoms with E-state index in [-0.39, 0.29) is 12.2 Å². The van der Waals surface area contributed by atoms with Gasteiger partial charge in [-0.15, -0.1) is 0 Å². The van der Waals surface area contributed by atoms with Crippen molar-refractivity contribution in [2.24, 2.45) is 0 Å². The maximum Gasteiger partial charge on any atom is 0.218 e. The molecule has 2 radical (unpaired) electrons. The number of rotatable bonds is 7. The lowest BCUT2D eigenvalue weighted by molar-refractivity contribution is 0.517. The van der Waals surface area contributed by atoms with Crippen molar-refractivity contribution in [2.45, 2.75) is 18.2 Å². The molecule has 5 nitrogen and oxygen atoms in total. The largest absolute Gasteiger partial charge is 0.291 e. The molecule has 0 aliphatic heterocycles. The molecule has 1 N–H and O–H groups in total. The zero-order chi connectivity index (χ0) is 15.3. The van der Waals surface area contributed by atoms with E-state index in [0.29, 0.717) is 5.56 Å². The van der Waals surface area contributed by atoms with Crippen LogP contribution in [0.2, 0.25) is 0 Å². The minimum Gasteiger partial charge on any atom is -0.291 e. The van der Waals surface area contributed by atoms with Crippen LogP contribution in [0.25, 0.3) is 10.8 Å². The molecule has 0 unspecified atom stereocenters. The zero-order valence-electron chi connectivity index (χ0n) is 11.1. The van der Waals surface area contributed by atoms with E-state index in [9.17, 15) is 18.0 Å². The summed E-state index contributed by atoms with van der Waals surface area (Å²) in [5.74, 6) is -0.272. The molecule has 2 aromatic rings. The Balaban J connectivity index is 2.26. The van der Waals surface area contributed by atoms with Crippen LogP contribution >= 0.6 is 0 Å². The van der Waals surface area contributed by atoms with Crippen molar-refractivity contribution < 1.29 is 18.0 Å². The molecule has 0 spiro atoms. The summed E-state index contributed by atoms with van der Waals surface area (Å²) < 4.78 is 26.3. The van der Waals surface area contributed by atoms with Crippen molar-refractivity contribution in [1.29, 1.82) is 0 Å². The summed E-state index contributed by atoms with van der Waals surface area (Å²) in [6.07, 6.45) is 2.63. The molecule has 6 heteroatoms. The minimum absolute atomic E-state index is 0.272. The summed E-state index contributed by atoms with van der Waals surface area (Å²) >= 11 is 0. The summed E-state index contributed by atoms with van der Waals surface area (Å²) in [4.78, 5) is 20.9. The fraction of sp³-hybridized carbons (Fsp3) is 0.200. The molecule has 1 atom stereocenters. The molecule has 0 aromatic heterocycles. The van der Waals surface area contributed by atoms with Crippen molar-refractivity contribution in [3.8, 4) is 0 Å². The first-order chi connectivity index (χ1) is 10.1. The van der Waals surface area contributed by atoms with Crippen LogP contribution in [0.3, 0.4) is 0 Å². The molecule has 0 amide bonds. The molecule has 0 aliphatic rings. The lowest BCUT2D eigenvalue weighted by Gasteiger charge is -2.11. The van der Waals surface area contributed by atoms with Crippen molar-refractivity contribution in [1.82, 2.24) is 4.72 Å². The van der Waals surface area contributed by atoms with E-state index in [2.05, 4.69) is 4.72 Å². The molecule has 0 heterocycles. The average molecular weight is 303 g/mol. The van der Waals surface area contributed by atoms with Crippen LogP contribution in [0.4, 0.5) is 0 Å². The van der Waals surface area contributed by atoms with Gasteiger partial charge in [-0.3, -0.25) is 9.59 Å². The first kappa shape index (κ1) is 15.3. The lowest BCUT2D eigenvalue weighted by atomic mass is 10.1. The average Bonchev–Trinajstić information content (AvgIpc) is 2.46. The Morgan fingerprint density at radius 3 is 2.48 bits per heavy atom. The molecule has 2 aromatic carbocycles. The number of hydrogen-bond acceptors (Lipinski definition) is 4. The molecule has 0 bridgehead atoms. The number of fused-ring (bicyclic) bond motifs is 1. The van der Waals surface area contributed by atoms with Gasteiger partial charge >= 0.3 is 0 Å². The van der Waals surface area contributed by atoms with Gasteiger partial charge in [0, 0.05) is 6.42 Å². The van der Waals surface area contributed by atoms with Crippen LogP contribution in [0.1, 0.15) is 12.0 Å². The van der Waals surface area contributed by atoms with Crippen LogP contribution in [0, 0.1) is 0 Å². The fourth-order valence-corrected chi connectivity index (χ4v) is 3.38. The first-order valence-electron chi connectivity index (χ1n) is 6.25. The standard InChI is InChI=1S/C15H13NO4S/c17-9-8-14(10-18)16-21(19,20)11-13-6-3-5-12-4-1-2-7-15(12)13/h1-7,14,16H,8,11H2/t14-/m0/s1. The summed E-state index contributed by atoms with van der Waals surface area (Å²) in [6.45, 7) is 0. The third kappa shape index (κ3) is 3.96. The fourth-order valence-electron chi connectivity index (χ4n) is 2.07. The Morgan fingerprint density at radius 2 is 1.76 bits per heavy atom. The highest BCUT2D eigenvalue weighted by atomic mass is 32.2. The van der Waals surface area contributed by atoms with Crippen molar-refractivity contribution in [2.75, 3.05) is 0 Å². The summed E-state index contributed by atoms with van der Waals surface area (Å²) in [6, 6.07) is 11.6.